The van der Waals surface area contributed by atoms with Crippen molar-refractivity contribution in [3.05, 3.63) is 59.5 Å². The van der Waals surface area contributed by atoms with Crippen molar-refractivity contribution < 1.29 is 4.42 Å². The SMILES string of the molecule is Cc1nc2cc(NC3Cc4ccccc4C3)ccc2o1. The zero-order valence-corrected chi connectivity index (χ0v) is 11.4. The van der Waals surface area contributed by atoms with Crippen molar-refractivity contribution in [1.82, 2.24) is 4.98 Å². The Morgan fingerprint density at radius 3 is 2.60 bits per heavy atom. The van der Waals surface area contributed by atoms with E-state index in [0.717, 1.165) is 29.6 Å². The minimum atomic E-state index is 0.470. The van der Waals surface area contributed by atoms with Gasteiger partial charge in [0.05, 0.1) is 0 Å². The summed E-state index contributed by atoms with van der Waals surface area (Å²) in [7, 11) is 0. The van der Waals surface area contributed by atoms with Gasteiger partial charge in [-0.15, -0.1) is 0 Å². The van der Waals surface area contributed by atoms with E-state index in [-0.39, 0.29) is 0 Å². The molecule has 0 atom stereocenters. The minimum absolute atomic E-state index is 0.470. The fourth-order valence-corrected chi connectivity index (χ4v) is 3.03. The first-order valence-corrected chi connectivity index (χ1v) is 6.98. The summed E-state index contributed by atoms with van der Waals surface area (Å²) < 4.78 is 5.50. The third kappa shape index (κ3) is 1.95. The van der Waals surface area contributed by atoms with Gasteiger partial charge in [0.1, 0.15) is 5.52 Å². The molecule has 100 valence electrons. The maximum absolute atomic E-state index is 5.50. The molecule has 0 radical (unpaired) electrons. The van der Waals surface area contributed by atoms with Crippen LogP contribution in [-0.2, 0) is 12.8 Å². The average molecular weight is 264 g/mol. The topological polar surface area (TPSA) is 38.1 Å². The highest BCUT2D eigenvalue weighted by Gasteiger charge is 2.20. The molecule has 0 bridgehead atoms. The standard InChI is InChI=1S/C17H16N2O/c1-11-18-16-10-14(6-7-17(16)20-11)19-15-8-12-4-2-3-5-13(12)9-15/h2-7,10,15,19H,8-9H2,1H3. The van der Waals surface area contributed by atoms with Crippen LogP contribution in [0.5, 0.6) is 0 Å². The molecular weight excluding hydrogens is 248 g/mol. The normalized spacial score (nSPS) is 14.7. The van der Waals surface area contributed by atoms with Crippen molar-refractivity contribution in [2.45, 2.75) is 25.8 Å². The van der Waals surface area contributed by atoms with Crippen molar-refractivity contribution in [2.24, 2.45) is 0 Å². The first-order chi connectivity index (χ1) is 9.78. The molecule has 4 rings (SSSR count). The number of rotatable bonds is 2. The first kappa shape index (κ1) is 11.5. The summed E-state index contributed by atoms with van der Waals surface area (Å²) in [6.07, 6.45) is 2.18. The highest BCUT2D eigenvalue weighted by molar-refractivity contribution is 5.77. The molecule has 1 heterocycles. The Balaban J connectivity index is 1.57. The van der Waals surface area contributed by atoms with Crippen molar-refractivity contribution in [3.63, 3.8) is 0 Å². The molecule has 2 aromatic carbocycles. The molecule has 0 saturated carbocycles. The summed E-state index contributed by atoms with van der Waals surface area (Å²) in [4.78, 5) is 4.38. The predicted octanol–water partition coefficient (Wildman–Crippen LogP) is 3.72. The first-order valence-electron chi connectivity index (χ1n) is 6.98. The summed E-state index contributed by atoms with van der Waals surface area (Å²) in [5.74, 6) is 0.713. The summed E-state index contributed by atoms with van der Waals surface area (Å²) in [5, 5.41) is 3.61. The third-order valence-corrected chi connectivity index (χ3v) is 3.92. The second kappa shape index (κ2) is 4.37. The Morgan fingerprint density at radius 2 is 1.85 bits per heavy atom. The van der Waals surface area contributed by atoms with Crippen LogP contribution in [0.25, 0.3) is 11.1 Å². The lowest BCUT2D eigenvalue weighted by atomic mass is 10.1. The van der Waals surface area contributed by atoms with E-state index in [1.165, 1.54) is 11.1 Å². The van der Waals surface area contributed by atoms with Crippen LogP contribution in [0.2, 0.25) is 0 Å². The number of fused-ring (bicyclic) bond motifs is 2. The minimum Gasteiger partial charge on any atom is -0.441 e. The van der Waals surface area contributed by atoms with Gasteiger partial charge in [-0.3, -0.25) is 0 Å². The monoisotopic (exact) mass is 264 g/mol. The van der Waals surface area contributed by atoms with Crippen molar-refractivity contribution in [2.75, 3.05) is 5.32 Å². The molecule has 0 spiro atoms. The number of hydrogen-bond donors (Lipinski definition) is 1. The maximum atomic E-state index is 5.50. The lowest BCUT2D eigenvalue weighted by Gasteiger charge is -2.13. The second-order valence-electron chi connectivity index (χ2n) is 5.43. The Kier molecular flexibility index (Phi) is 2.52. The van der Waals surface area contributed by atoms with Crippen molar-refractivity contribution >= 4 is 16.8 Å². The van der Waals surface area contributed by atoms with Gasteiger partial charge >= 0.3 is 0 Å². The molecule has 0 unspecified atom stereocenters. The zero-order valence-electron chi connectivity index (χ0n) is 11.4. The van der Waals surface area contributed by atoms with Crippen molar-refractivity contribution in [3.8, 4) is 0 Å². The summed E-state index contributed by atoms with van der Waals surface area (Å²) in [6.45, 7) is 1.88. The highest BCUT2D eigenvalue weighted by Crippen LogP contribution is 2.26. The number of benzene rings is 2. The smallest absolute Gasteiger partial charge is 0.192 e. The van der Waals surface area contributed by atoms with E-state index in [4.69, 9.17) is 4.42 Å². The third-order valence-electron chi connectivity index (χ3n) is 3.92. The van der Waals surface area contributed by atoms with Gasteiger partial charge in [-0.2, -0.15) is 0 Å². The van der Waals surface area contributed by atoms with Crippen LogP contribution in [0.3, 0.4) is 0 Å². The van der Waals surface area contributed by atoms with Gasteiger partial charge in [-0.05, 0) is 42.2 Å². The van der Waals surface area contributed by atoms with E-state index in [0.29, 0.717) is 11.9 Å². The number of oxazole rings is 1. The highest BCUT2D eigenvalue weighted by atomic mass is 16.3. The van der Waals surface area contributed by atoms with Crippen LogP contribution < -0.4 is 5.32 Å². The zero-order chi connectivity index (χ0) is 13.5. The van der Waals surface area contributed by atoms with E-state index in [9.17, 15) is 0 Å². The fourth-order valence-electron chi connectivity index (χ4n) is 3.03. The Hall–Kier alpha value is -2.29. The van der Waals surface area contributed by atoms with E-state index < -0.39 is 0 Å². The van der Waals surface area contributed by atoms with E-state index in [2.05, 4.69) is 46.7 Å². The Morgan fingerprint density at radius 1 is 1.10 bits per heavy atom. The molecule has 0 amide bonds. The fraction of sp³-hybridized carbons (Fsp3) is 0.235. The number of nitrogens with zero attached hydrogens (tertiary/aromatic N) is 1. The molecule has 3 aromatic rings. The molecule has 0 fully saturated rings. The largest absolute Gasteiger partial charge is 0.441 e. The van der Waals surface area contributed by atoms with E-state index in [1.54, 1.807) is 0 Å². The van der Waals surface area contributed by atoms with Gasteiger partial charge in [0.2, 0.25) is 0 Å². The molecule has 3 nitrogen and oxygen atoms in total. The van der Waals surface area contributed by atoms with Gasteiger partial charge in [0.15, 0.2) is 11.5 Å². The van der Waals surface area contributed by atoms with Gasteiger partial charge in [0, 0.05) is 18.7 Å². The van der Waals surface area contributed by atoms with E-state index >= 15 is 0 Å². The van der Waals surface area contributed by atoms with Crippen LogP contribution >= 0.6 is 0 Å². The maximum Gasteiger partial charge on any atom is 0.192 e. The van der Waals surface area contributed by atoms with Gasteiger partial charge in [-0.1, -0.05) is 24.3 Å². The van der Waals surface area contributed by atoms with E-state index in [1.807, 2.05) is 13.0 Å². The number of aryl methyl sites for hydroxylation is 1. The number of aromatic nitrogens is 1. The van der Waals surface area contributed by atoms with Crippen LogP contribution in [-0.4, -0.2) is 11.0 Å². The van der Waals surface area contributed by atoms with Gasteiger partial charge in [-0.25, -0.2) is 4.98 Å². The molecule has 1 N–H and O–H groups in total. The Labute approximate surface area is 117 Å². The molecular formula is C17H16N2O. The number of anilines is 1. The second-order valence-corrected chi connectivity index (χ2v) is 5.43. The average Bonchev–Trinajstić information content (AvgIpc) is 2.99. The van der Waals surface area contributed by atoms with Gasteiger partial charge in [0.25, 0.3) is 0 Å². The quantitative estimate of drug-likeness (QED) is 0.766. The lowest BCUT2D eigenvalue weighted by molar-refractivity contribution is 0.561. The molecule has 0 aliphatic heterocycles. The van der Waals surface area contributed by atoms with Crippen LogP contribution in [0.15, 0.2) is 46.9 Å². The van der Waals surface area contributed by atoms with Crippen LogP contribution in [0.4, 0.5) is 5.69 Å². The van der Waals surface area contributed by atoms with Crippen LogP contribution in [0, 0.1) is 6.92 Å². The van der Waals surface area contributed by atoms with Crippen molar-refractivity contribution in [1.29, 1.82) is 0 Å². The summed E-state index contributed by atoms with van der Waals surface area (Å²) >= 11 is 0. The lowest BCUT2D eigenvalue weighted by Crippen LogP contribution is -2.19. The molecule has 20 heavy (non-hydrogen) atoms. The summed E-state index contributed by atoms with van der Waals surface area (Å²) in [6, 6.07) is 15.3. The number of hydrogen-bond acceptors (Lipinski definition) is 3. The molecule has 0 saturated heterocycles. The van der Waals surface area contributed by atoms with Crippen LogP contribution in [0.1, 0.15) is 17.0 Å². The predicted molar refractivity (Wildman–Crippen MR) is 80.0 cm³/mol. The Bertz CT molecular complexity index is 751. The summed E-state index contributed by atoms with van der Waals surface area (Å²) in [5.41, 5.74) is 5.81. The number of nitrogens with one attached hydrogen (secondary N) is 1. The van der Waals surface area contributed by atoms with Gasteiger partial charge < -0.3 is 9.73 Å². The molecule has 3 heteroatoms. The molecule has 1 aliphatic rings. The molecule has 1 aliphatic carbocycles. The molecule has 1 aromatic heterocycles.